The van der Waals surface area contributed by atoms with Gasteiger partial charge >= 0.3 is 6.03 Å². The van der Waals surface area contributed by atoms with Crippen LogP contribution in [0.2, 0.25) is 0 Å². The standard InChI is InChI=1S/C15H28N4O2/c1-18-6-4-15(5-7-18,19-8-10-21-11-9-19)12-16-14(20)17-13-2-3-13/h13H,2-12H2,1H3,(H2,16,17,20). The second-order valence-electron chi connectivity index (χ2n) is 6.73. The van der Waals surface area contributed by atoms with Crippen LogP contribution in [0.3, 0.4) is 0 Å². The van der Waals surface area contributed by atoms with Crippen molar-refractivity contribution in [1.82, 2.24) is 20.4 Å². The fourth-order valence-electron chi connectivity index (χ4n) is 3.39. The molecule has 0 aromatic carbocycles. The first-order chi connectivity index (χ1) is 10.2. The lowest BCUT2D eigenvalue weighted by Gasteiger charge is -2.49. The molecule has 1 aliphatic carbocycles. The van der Waals surface area contributed by atoms with Crippen molar-refractivity contribution in [1.29, 1.82) is 0 Å². The Bertz CT molecular complexity index is 359. The van der Waals surface area contributed by atoms with Crippen LogP contribution in [0, 0.1) is 0 Å². The highest BCUT2D eigenvalue weighted by molar-refractivity contribution is 5.74. The molecule has 2 heterocycles. The van der Waals surface area contributed by atoms with Gasteiger partial charge in [0.15, 0.2) is 0 Å². The quantitative estimate of drug-likeness (QED) is 0.780. The van der Waals surface area contributed by atoms with Gasteiger partial charge in [-0.15, -0.1) is 0 Å². The molecule has 0 aromatic rings. The number of nitrogens with one attached hydrogen (secondary N) is 2. The number of ether oxygens (including phenoxy) is 1. The second kappa shape index (κ2) is 6.50. The fraction of sp³-hybridized carbons (Fsp3) is 0.933. The van der Waals surface area contributed by atoms with Crippen molar-refractivity contribution >= 4 is 6.03 Å². The summed E-state index contributed by atoms with van der Waals surface area (Å²) >= 11 is 0. The van der Waals surface area contributed by atoms with E-state index in [0.717, 1.165) is 71.6 Å². The normalized spacial score (nSPS) is 27.3. The molecule has 0 bridgehead atoms. The summed E-state index contributed by atoms with van der Waals surface area (Å²) in [5, 5.41) is 6.14. The Kier molecular flexibility index (Phi) is 4.66. The number of hydrogen-bond donors (Lipinski definition) is 2. The maximum atomic E-state index is 11.9. The van der Waals surface area contributed by atoms with Crippen molar-refractivity contribution in [2.24, 2.45) is 0 Å². The molecule has 2 aliphatic heterocycles. The predicted molar refractivity (Wildman–Crippen MR) is 81.4 cm³/mol. The average molecular weight is 296 g/mol. The Morgan fingerprint density at radius 3 is 2.48 bits per heavy atom. The molecule has 2 saturated heterocycles. The zero-order chi connectivity index (χ0) is 14.7. The van der Waals surface area contributed by atoms with E-state index in [0.29, 0.717) is 6.04 Å². The van der Waals surface area contributed by atoms with E-state index in [2.05, 4.69) is 27.5 Å². The van der Waals surface area contributed by atoms with Crippen LogP contribution < -0.4 is 10.6 Å². The van der Waals surface area contributed by atoms with E-state index in [-0.39, 0.29) is 11.6 Å². The monoisotopic (exact) mass is 296 g/mol. The molecule has 21 heavy (non-hydrogen) atoms. The van der Waals surface area contributed by atoms with Crippen molar-refractivity contribution in [3.05, 3.63) is 0 Å². The summed E-state index contributed by atoms with van der Waals surface area (Å²) in [4.78, 5) is 16.9. The van der Waals surface area contributed by atoms with Gasteiger partial charge in [0.2, 0.25) is 0 Å². The number of likely N-dealkylation sites (tertiary alicyclic amines) is 1. The van der Waals surface area contributed by atoms with E-state index in [9.17, 15) is 4.79 Å². The van der Waals surface area contributed by atoms with Gasteiger partial charge in [-0.05, 0) is 45.8 Å². The molecule has 2 N–H and O–H groups in total. The third-order valence-corrected chi connectivity index (χ3v) is 5.09. The molecular weight excluding hydrogens is 268 g/mol. The largest absolute Gasteiger partial charge is 0.379 e. The Balaban J connectivity index is 1.59. The highest BCUT2D eigenvalue weighted by Gasteiger charge is 2.40. The number of amides is 2. The highest BCUT2D eigenvalue weighted by Crippen LogP contribution is 2.29. The third kappa shape index (κ3) is 3.87. The Morgan fingerprint density at radius 1 is 1.19 bits per heavy atom. The number of rotatable bonds is 4. The summed E-state index contributed by atoms with van der Waals surface area (Å²) in [6, 6.07) is 0.422. The van der Waals surface area contributed by atoms with Gasteiger partial charge in [0.1, 0.15) is 0 Å². The minimum Gasteiger partial charge on any atom is -0.379 e. The van der Waals surface area contributed by atoms with Gasteiger partial charge < -0.3 is 20.3 Å². The first kappa shape index (κ1) is 15.1. The topological polar surface area (TPSA) is 56.8 Å². The van der Waals surface area contributed by atoms with Crippen LogP contribution in [0.25, 0.3) is 0 Å². The van der Waals surface area contributed by atoms with Crippen molar-refractivity contribution in [3.8, 4) is 0 Å². The minimum atomic E-state index is 0.00376. The van der Waals surface area contributed by atoms with Gasteiger partial charge in [0, 0.05) is 31.2 Å². The highest BCUT2D eigenvalue weighted by atomic mass is 16.5. The van der Waals surface area contributed by atoms with Gasteiger partial charge in [-0.3, -0.25) is 4.90 Å². The van der Waals surface area contributed by atoms with E-state index >= 15 is 0 Å². The van der Waals surface area contributed by atoms with Gasteiger partial charge in [-0.2, -0.15) is 0 Å². The zero-order valence-electron chi connectivity index (χ0n) is 13.1. The van der Waals surface area contributed by atoms with E-state index in [1.165, 1.54) is 0 Å². The van der Waals surface area contributed by atoms with Crippen molar-refractivity contribution in [3.63, 3.8) is 0 Å². The minimum absolute atomic E-state index is 0.00376. The maximum Gasteiger partial charge on any atom is 0.315 e. The SMILES string of the molecule is CN1CCC(CNC(=O)NC2CC2)(N2CCOCC2)CC1. The van der Waals surface area contributed by atoms with Gasteiger partial charge in [0.05, 0.1) is 13.2 Å². The van der Waals surface area contributed by atoms with Gasteiger partial charge in [-0.1, -0.05) is 0 Å². The second-order valence-corrected chi connectivity index (χ2v) is 6.73. The molecule has 3 aliphatic rings. The third-order valence-electron chi connectivity index (χ3n) is 5.09. The molecule has 3 rings (SSSR count). The molecule has 0 aromatic heterocycles. The van der Waals surface area contributed by atoms with Crippen LogP contribution >= 0.6 is 0 Å². The molecular formula is C15H28N4O2. The number of nitrogens with zero attached hydrogens (tertiary/aromatic N) is 2. The van der Waals surface area contributed by atoms with Crippen LogP contribution in [-0.4, -0.2) is 80.4 Å². The molecule has 120 valence electrons. The van der Waals surface area contributed by atoms with Gasteiger partial charge in [0.25, 0.3) is 0 Å². The number of piperidine rings is 1. The molecule has 6 heteroatoms. The molecule has 2 amide bonds. The van der Waals surface area contributed by atoms with E-state index in [1.54, 1.807) is 0 Å². The zero-order valence-corrected chi connectivity index (χ0v) is 13.1. The van der Waals surface area contributed by atoms with Crippen LogP contribution in [0.1, 0.15) is 25.7 Å². The molecule has 6 nitrogen and oxygen atoms in total. The summed E-state index contributed by atoms with van der Waals surface area (Å²) < 4.78 is 5.49. The summed E-state index contributed by atoms with van der Waals surface area (Å²) in [5.41, 5.74) is 0.108. The molecule has 0 radical (unpaired) electrons. The molecule has 1 saturated carbocycles. The number of morpholine rings is 1. The molecule has 3 fully saturated rings. The summed E-state index contributed by atoms with van der Waals surface area (Å²) in [6.45, 7) is 6.54. The van der Waals surface area contributed by atoms with Crippen molar-refractivity contribution in [2.75, 3.05) is 53.0 Å². The Hall–Kier alpha value is -0.850. The lowest BCUT2D eigenvalue weighted by Crippen LogP contribution is -2.63. The van der Waals surface area contributed by atoms with E-state index in [4.69, 9.17) is 4.74 Å². The lowest BCUT2D eigenvalue weighted by molar-refractivity contribution is -0.0435. The number of urea groups is 1. The van der Waals surface area contributed by atoms with Crippen LogP contribution in [0.4, 0.5) is 4.79 Å². The van der Waals surface area contributed by atoms with Crippen molar-refractivity contribution < 1.29 is 9.53 Å². The fourth-order valence-corrected chi connectivity index (χ4v) is 3.39. The molecule has 0 atom stereocenters. The van der Waals surface area contributed by atoms with E-state index in [1.807, 2.05) is 0 Å². The van der Waals surface area contributed by atoms with Crippen LogP contribution in [-0.2, 0) is 4.74 Å². The maximum absolute atomic E-state index is 11.9. The first-order valence-corrected chi connectivity index (χ1v) is 8.24. The molecule has 0 spiro atoms. The first-order valence-electron chi connectivity index (χ1n) is 8.24. The van der Waals surface area contributed by atoms with Crippen LogP contribution in [0.5, 0.6) is 0 Å². The average Bonchev–Trinajstić information content (AvgIpc) is 3.32. The summed E-state index contributed by atoms with van der Waals surface area (Å²) in [6.07, 6.45) is 4.50. The van der Waals surface area contributed by atoms with Gasteiger partial charge in [-0.25, -0.2) is 4.79 Å². The lowest BCUT2D eigenvalue weighted by atomic mass is 9.85. The summed E-state index contributed by atoms with van der Waals surface area (Å²) in [7, 11) is 2.18. The Labute approximate surface area is 127 Å². The number of carbonyl (C=O) groups is 1. The van der Waals surface area contributed by atoms with Crippen LogP contribution in [0.15, 0.2) is 0 Å². The molecule has 0 unspecified atom stereocenters. The summed E-state index contributed by atoms with van der Waals surface area (Å²) in [5.74, 6) is 0. The smallest absolute Gasteiger partial charge is 0.315 e. The predicted octanol–water partition coefficient (Wildman–Crippen LogP) is 0.245. The van der Waals surface area contributed by atoms with E-state index < -0.39 is 0 Å². The Morgan fingerprint density at radius 2 is 1.86 bits per heavy atom. The van der Waals surface area contributed by atoms with Crippen molar-refractivity contribution in [2.45, 2.75) is 37.3 Å². The number of carbonyl (C=O) groups excluding carboxylic acids is 1. The number of hydrogen-bond acceptors (Lipinski definition) is 4.